The summed E-state index contributed by atoms with van der Waals surface area (Å²) in [5.74, 6) is -4.99. The minimum atomic E-state index is -5.27. The van der Waals surface area contributed by atoms with Crippen LogP contribution in [0.4, 0.5) is 13.2 Å². The molecule has 1 atom stereocenters. The molecule has 7 nitrogen and oxygen atoms in total. The Bertz CT molecular complexity index is 837. The number of halogens is 5. The maximum absolute atomic E-state index is 12.9. The number of esters is 2. The van der Waals surface area contributed by atoms with Crippen LogP contribution in [0.15, 0.2) is 33.7 Å². The van der Waals surface area contributed by atoms with Crippen molar-refractivity contribution >= 4 is 53.9 Å². The average Bonchev–Trinajstić information content (AvgIpc) is 2.46. The van der Waals surface area contributed by atoms with E-state index >= 15 is 0 Å². The first-order valence-corrected chi connectivity index (χ1v) is 9.50. The van der Waals surface area contributed by atoms with Gasteiger partial charge in [0.1, 0.15) is 11.3 Å². The van der Waals surface area contributed by atoms with Gasteiger partial charge in [-0.1, -0.05) is 22.5 Å². The van der Waals surface area contributed by atoms with Crippen LogP contribution in [-0.4, -0.2) is 42.9 Å². The molecule has 1 unspecified atom stereocenters. The molecule has 1 aromatic rings. The molecule has 1 aromatic carbocycles. The molecule has 0 saturated carbocycles. The molecule has 1 N–H and O–H groups in total. The normalized spacial score (nSPS) is 13.0. The second kappa shape index (κ2) is 8.50. The van der Waals surface area contributed by atoms with Crippen LogP contribution in [0, 0.1) is 0 Å². The van der Waals surface area contributed by atoms with Crippen molar-refractivity contribution in [3.8, 4) is 5.75 Å². The Morgan fingerprint density at radius 1 is 1.31 bits per heavy atom. The number of carbonyl (C=O) groups is 2. The Labute approximate surface area is 162 Å². The van der Waals surface area contributed by atoms with Gasteiger partial charge in [-0.3, -0.25) is 4.55 Å². The quantitative estimate of drug-likeness (QED) is 0.263. The maximum Gasteiger partial charge on any atom is 0.426 e. The number of alkyl halides is 3. The molecule has 0 fully saturated rings. The number of hydrogen-bond donors (Lipinski definition) is 1. The first-order chi connectivity index (χ1) is 11.7. The summed E-state index contributed by atoms with van der Waals surface area (Å²) in [6.07, 6.45) is -7.65. The molecule has 0 radical (unpaired) electrons. The molecule has 0 heterocycles. The zero-order chi connectivity index (χ0) is 20.3. The van der Waals surface area contributed by atoms with Gasteiger partial charge in [0.2, 0.25) is 6.10 Å². The van der Waals surface area contributed by atoms with Gasteiger partial charge in [-0.15, -0.1) is 0 Å². The van der Waals surface area contributed by atoms with Crippen molar-refractivity contribution in [2.45, 2.75) is 12.3 Å². The van der Waals surface area contributed by atoms with Crippen molar-refractivity contribution in [1.82, 2.24) is 0 Å². The van der Waals surface area contributed by atoms with Crippen molar-refractivity contribution in [2.24, 2.45) is 0 Å². The van der Waals surface area contributed by atoms with Gasteiger partial charge < -0.3 is 9.47 Å². The Morgan fingerprint density at radius 3 is 2.35 bits per heavy atom. The summed E-state index contributed by atoms with van der Waals surface area (Å²) in [6.45, 7) is 3.14. The molecule has 0 spiro atoms. The number of hydrogen-bond acceptors (Lipinski definition) is 6. The van der Waals surface area contributed by atoms with E-state index in [1.54, 1.807) is 0 Å². The number of benzene rings is 1. The van der Waals surface area contributed by atoms with Crippen molar-refractivity contribution in [3.05, 3.63) is 39.3 Å². The zero-order valence-corrected chi connectivity index (χ0v) is 16.4. The second-order valence-electron chi connectivity index (χ2n) is 4.57. The largest absolute Gasteiger partial charge is 0.448 e. The highest BCUT2D eigenvalue weighted by atomic mass is 79.9. The van der Waals surface area contributed by atoms with Crippen LogP contribution in [0.25, 0.3) is 0 Å². The highest BCUT2D eigenvalue weighted by Gasteiger charge is 2.46. The predicted molar refractivity (Wildman–Crippen MR) is 89.3 cm³/mol. The summed E-state index contributed by atoms with van der Waals surface area (Å²) >= 11 is 5.97. The lowest BCUT2D eigenvalue weighted by Crippen LogP contribution is -2.39. The van der Waals surface area contributed by atoms with Gasteiger partial charge >= 0.3 is 18.1 Å². The van der Waals surface area contributed by atoms with Crippen LogP contribution in [0.1, 0.15) is 10.4 Å². The standard InChI is InChI=1S/C13H9Br2F3O7S/c1-2-10(19)25-11-7(3-6(14)4-8(11)15)12(20)24-9(13(16,17)18)5-26(21,22)23/h2-4,9H,1,5H2,(H,21,22,23). The predicted octanol–water partition coefficient (Wildman–Crippen LogP) is 3.28. The van der Waals surface area contributed by atoms with Crippen LogP contribution < -0.4 is 4.74 Å². The monoisotopic (exact) mass is 524 g/mol. The fraction of sp³-hybridized carbons (Fsp3) is 0.231. The van der Waals surface area contributed by atoms with Gasteiger partial charge in [0.25, 0.3) is 10.1 Å². The third kappa shape index (κ3) is 6.70. The maximum atomic E-state index is 12.9. The lowest BCUT2D eigenvalue weighted by atomic mass is 10.2. The summed E-state index contributed by atoms with van der Waals surface area (Å²) in [5, 5.41) is 0. The summed E-state index contributed by atoms with van der Waals surface area (Å²) in [4.78, 5) is 23.5. The van der Waals surface area contributed by atoms with E-state index in [9.17, 15) is 31.2 Å². The smallest absolute Gasteiger partial charge is 0.426 e. The minimum absolute atomic E-state index is 0.0207. The molecular weight excluding hydrogens is 517 g/mol. The van der Waals surface area contributed by atoms with E-state index in [2.05, 4.69) is 43.2 Å². The summed E-state index contributed by atoms with van der Waals surface area (Å²) in [5.41, 5.74) is -0.606. The second-order valence-corrected chi connectivity index (χ2v) is 7.84. The summed E-state index contributed by atoms with van der Waals surface area (Å²) in [6, 6.07) is 2.33. The highest BCUT2D eigenvalue weighted by molar-refractivity contribution is 9.11. The Balaban J connectivity index is 3.30. The van der Waals surface area contributed by atoms with Crippen molar-refractivity contribution in [2.75, 3.05) is 5.75 Å². The van der Waals surface area contributed by atoms with Gasteiger partial charge in [-0.25, -0.2) is 9.59 Å². The van der Waals surface area contributed by atoms with Crippen LogP contribution in [-0.2, 0) is 19.6 Å². The number of ether oxygens (including phenoxy) is 2. The average molecular weight is 526 g/mol. The summed E-state index contributed by atoms with van der Waals surface area (Å²) < 4.78 is 77.9. The van der Waals surface area contributed by atoms with Gasteiger partial charge in [0.05, 0.1) is 4.47 Å². The van der Waals surface area contributed by atoms with E-state index in [-0.39, 0.29) is 8.95 Å². The zero-order valence-electron chi connectivity index (χ0n) is 12.4. The lowest BCUT2D eigenvalue weighted by molar-refractivity contribution is -0.197. The molecule has 0 aliphatic heterocycles. The SMILES string of the molecule is C=CC(=O)Oc1c(Br)cc(Br)cc1C(=O)OC(CS(=O)(=O)O)C(F)(F)F. The van der Waals surface area contributed by atoms with Crippen molar-refractivity contribution in [3.63, 3.8) is 0 Å². The third-order valence-corrected chi connectivity index (χ3v) is 4.34. The molecule has 0 saturated heterocycles. The fourth-order valence-corrected chi connectivity index (χ4v) is 3.48. The van der Waals surface area contributed by atoms with E-state index in [1.807, 2.05) is 0 Å². The van der Waals surface area contributed by atoms with Gasteiger partial charge in [-0.05, 0) is 28.1 Å². The van der Waals surface area contributed by atoms with Gasteiger partial charge in [-0.2, -0.15) is 21.6 Å². The first-order valence-electron chi connectivity index (χ1n) is 6.30. The van der Waals surface area contributed by atoms with E-state index in [4.69, 9.17) is 9.29 Å². The molecule has 144 valence electrons. The molecule has 26 heavy (non-hydrogen) atoms. The highest BCUT2D eigenvalue weighted by Crippen LogP contribution is 2.35. The van der Waals surface area contributed by atoms with E-state index in [0.717, 1.165) is 12.1 Å². The first kappa shape index (κ1) is 22.6. The van der Waals surface area contributed by atoms with Crippen molar-refractivity contribution < 1.29 is 45.2 Å². The number of carbonyl (C=O) groups excluding carboxylic acids is 2. The van der Waals surface area contributed by atoms with E-state index in [0.29, 0.717) is 0 Å². The van der Waals surface area contributed by atoms with Gasteiger partial charge in [0, 0.05) is 10.5 Å². The van der Waals surface area contributed by atoms with Crippen LogP contribution >= 0.6 is 31.9 Å². The van der Waals surface area contributed by atoms with Crippen LogP contribution in [0.3, 0.4) is 0 Å². The Kier molecular flexibility index (Phi) is 7.39. The minimum Gasteiger partial charge on any atom is -0.448 e. The molecule has 1 rings (SSSR count). The third-order valence-electron chi connectivity index (χ3n) is 2.57. The molecule has 13 heteroatoms. The van der Waals surface area contributed by atoms with Crippen LogP contribution in [0.5, 0.6) is 5.75 Å². The molecule has 0 aliphatic carbocycles. The molecule has 0 aromatic heterocycles. The van der Waals surface area contributed by atoms with Gasteiger partial charge in [0.15, 0.2) is 5.75 Å². The molecule has 0 amide bonds. The fourth-order valence-electron chi connectivity index (χ4n) is 1.54. The van der Waals surface area contributed by atoms with E-state index in [1.165, 1.54) is 6.07 Å². The van der Waals surface area contributed by atoms with Crippen LogP contribution in [0.2, 0.25) is 0 Å². The lowest BCUT2D eigenvalue weighted by Gasteiger charge is -2.20. The molecule has 0 bridgehead atoms. The Hall–Kier alpha value is -1.44. The topological polar surface area (TPSA) is 107 Å². The Morgan fingerprint density at radius 2 is 1.88 bits per heavy atom. The number of rotatable bonds is 6. The summed E-state index contributed by atoms with van der Waals surface area (Å²) in [7, 11) is -5.10. The molecule has 0 aliphatic rings. The van der Waals surface area contributed by atoms with Crippen molar-refractivity contribution in [1.29, 1.82) is 0 Å². The van der Waals surface area contributed by atoms with E-state index < -0.39 is 51.4 Å². The molecular formula is C13H9Br2F3O7S.